The SMILES string of the molecule is CC(C)(C)c1cc(C(C)(C)C)c2op(Oc3ccc4c(c3-c3c(Op5oc6c(C(C)(C)C)cc(C(C)(C)C)cc6c6cc(C(C)(C)C)cc(C(C)(C)C)c6o5)ccc5c3CCCC5)CCCC4)oc3c(C(C)(C)C)cc(C(C)(C)C)cc3c2c1. The Labute approximate surface area is 506 Å². The standard InChI is InChI=1S/C76H100O6P2/c1-69(2,3)47-37-53-54-38-48(70(4,5)6)42-58(74(16,17)18)66(54)80-83(79-65(53)57(41-47)73(13,14)15)77-61-35-33-45-29-25-27-31-51(45)63(61)64-52-32-28-26-30-46(52)34-36-62(64)78-84-81-67-55(39-49(71(7,8)9)43-59(67)75(19,20)21)56-40-50(72(10,11)12)44-60(68(56)82-84)76(22,23)24/h33-44H,25-32H2,1-24H3. The third-order valence-corrected chi connectivity index (χ3v) is 19.9. The molecule has 10 rings (SSSR count). The van der Waals surface area contributed by atoms with E-state index >= 15 is 0 Å². The van der Waals surface area contributed by atoms with Gasteiger partial charge in [-0.25, -0.2) is 0 Å². The number of hydrogen-bond acceptors (Lipinski definition) is 6. The Morgan fingerprint density at radius 2 is 0.536 bits per heavy atom. The van der Waals surface area contributed by atoms with E-state index in [9.17, 15) is 0 Å². The Bertz CT molecular complexity index is 3530. The Morgan fingerprint density at radius 3 is 0.762 bits per heavy atom. The van der Waals surface area contributed by atoms with Crippen molar-refractivity contribution in [1.82, 2.24) is 0 Å². The van der Waals surface area contributed by atoms with Gasteiger partial charge in [-0.15, -0.1) is 0 Å². The predicted molar refractivity (Wildman–Crippen MR) is 359 cm³/mol. The smallest absolute Gasteiger partial charge is 0.390 e. The van der Waals surface area contributed by atoms with Crippen molar-refractivity contribution >= 4 is 60.4 Å². The summed E-state index contributed by atoms with van der Waals surface area (Å²) in [6.07, 6.45) is 8.27. The van der Waals surface area contributed by atoms with Gasteiger partial charge in [-0.3, -0.25) is 0 Å². The van der Waals surface area contributed by atoms with Crippen LogP contribution in [0.5, 0.6) is 11.5 Å². The van der Waals surface area contributed by atoms with Gasteiger partial charge in [0, 0.05) is 54.9 Å². The fourth-order valence-corrected chi connectivity index (χ4v) is 14.8. The van der Waals surface area contributed by atoms with E-state index in [-0.39, 0.29) is 43.3 Å². The highest BCUT2D eigenvalue weighted by Crippen LogP contribution is 2.54. The van der Waals surface area contributed by atoms with E-state index in [1.54, 1.807) is 0 Å². The molecule has 0 unspecified atom stereocenters. The van der Waals surface area contributed by atoms with Crippen molar-refractivity contribution in [3.63, 3.8) is 0 Å². The van der Waals surface area contributed by atoms with E-state index in [2.05, 4.69) is 239 Å². The summed E-state index contributed by atoms with van der Waals surface area (Å²) < 4.78 is 45.5. The van der Waals surface area contributed by atoms with Crippen LogP contribution in [0.15, 0.2) is 89.6 Å². The van der Waals surface area contributed by atoms with Gasteiger partial charge in [-0.1, -0.05) is 203 Å². The first-order valence-electron chi connectivity index (χ1n) is 31.4. The maximum Gasteiger partial charge on any atom is 0.453 e. The molecule has 2 aromatic heterocycles. The van der Waals surface area contributed by atoms with E-state index in [0.29, 0.717) is 0 Å². The molecule has 2 heterocycles. The molecule has 0 fully saturated rings. The molecule has 84 heavy (non-hydrogen) atoms. The maximum absolute atomic E-state index is 7.67. The van der Waals surface area contributed by atoms with Gasteiger partial charge in [-0.2, -0.15) is 0 Å². The average molecular weight is 1170 g/mol. The van der Waals surface area contributed by atoms with Crippen LogP contribution in [0.2, 0.25) is 0 Å². The minimum atomic E-state index is -2.11. The average Bonchev–Trinajstić information content (AvgIpc) is 2.18. The fourth-order valence-electron chi connectivity index (χ4n) is 12.6. The molecule has 0 spiro atoms. The minimum absolute atomic E-state index is 0.124. The van der Waals surface area contributed by atoms with E-state index in [1.807, 2.05) is 0 Å². The van der Waals surface area contributed by atoms with Crippen molar-refractivity contribution in [2.45, 2.75) is 261 Å². The van der Waals surface area contributed by atoms with Crippen molar-refractivity contribution in [2.24, 2.45) is 0 Å². The molecule has 450 valence electrons. The molecular weight excluding hydrogens is 1070 g/mol. The summed E-state index contributed by atoms with van der Waals surface area (Å²) >= 11 is 0. The Balaban J connectivity index is 1.31. The lowest BCUT2D eigenvalue weighted by Gasteiger charge is -2.27. The van der Waals surface area contributed by atoms with E-state index in [1.165, 1.54) is 44.5 Å². The van der Waals surface area contributed by atoms with Crippen molar-refractivity contribution < 1.29 is 25.8 Å². The van der Waals surface area contributed by atoms with Gasteiger partial charge in [0.25, 0.3) is 0 Å². The van der Waals surface area contributed by atoms with Gasteiger partial charge in [0.1, 0.15) is 33.8 Å². The molecule has 2 aliphatic rings. The number of benzene rings is 6. The summed E-state index contributed by atoms with van der Waals surface area (Å²) in [4.78, 5) is 0. The first kappa shape index (κ1) is 61.8. The molecule has 6 aromatic carbocycles. The third kappa shape index (κ3) is 12.1. The highest BCUT2D eigenvalue weighted by molar-refractivity contribution is 7.32. The summed E-state index contributed by atoms with van der Waals surface area (Å²) in [5.74, 6) is 1.48. The highest BCUT2D eigenvalue weighted by Gasteiger charge is 2.34. The summed E-state index contributed by atoms with van der Waals surface area (Å²) in [6, 6.07) is 28.0. The third-order valence-electron chi connectivity index (χ3n) is 17.9. The summed E-state index contributed by atoms with van der Waals surface area (Å²) in [7, 11) is -4.21. The first-order valence-corrected chi connectivity index (χ1v) is 33.6. The molecule has 0 amide bonds. The number of rotatable bonds is 5. The minimum Gasteiger partial charge on any atom is -0.390 e. The van der Waals surface area contributed by atoms with Gasteiger partial charge in [0.05, 0.1) is 0 Å². The summed E-state index contributed by atoms with van der Waals surface area (Å²) in [5, 5.41) is 4.20. The largest absolute Gasteiger partial charge is 0.453 e. The maximum atomic E-state index is 7.67. The molecule has 0 saturated heterocycles. The predicted octanol–water partition coefficient (Wildman–Crippen LogP) is 24.4. The second-order valence-electron chi connectivity index (χ2n) is 33.2. The highest BCUT2D eigenvalue weighted by atomic mass is 31.1. The Morgan fingerprint density at radius 1 is 0.298 bits per heavy atom. The second kappa shape index (κ2) is 21.3. The lowest BCUT2D eigenvalue weighted by atomic mass is 9.77. The zero-order chi connectivity index (χ0) is 61.4. The molecule has 0 N–H and O–H groups in total. The second-order valence-corrected chi connectivity index (χ2v) is 35.2. The van der Waals surface area contributed by atoms with Crippen LogP contribution in [-0.2, 0) is 69.0 Å². The molecule has 8 heteroatoms. The van der Waals surface area contributed by atoms with Crippen LogP contribution in [0, 0.1) is 0 Å². The lowest BCUT2D eigenvalue weighted by molar-refractivity contribution is 0.483. The van der Waals surface area contributed by atoms with E-state index < -0.39 is 16.5 Å². The molecule has 0 radical (unpaired) electrons. The number of hydrogen-bond donors (Lipinski definition) is 0. The molecule has 0 bridgehead atoms. The molecule has 8 aromatic rings. The van der Waals surface area contributed by atoms with Crippen LogP contribution >= 0.6 is 16.5 Å². The molecule has 6 nitrogen and oxygen atoms in total. The monoisotopic (exact) mass is 1170 g/mol. The zero-order valence-corrected chi connectivity index (χ0v) is 57.7. The fraction of sp³-hybridized carbons (Fsp3) is 0.526. The van der Waals surface area contributed by atoms with Crippen LogP contribution in [0.4, 0.5) is 0 Å². The summed E-state index contributed by atoms with van der Waals surface area (Å²) in [5.41, 5.74) is 18.8. The van der Waals surface area contributed by atoms with Crippen molar-refractivity contribution in [1.29, 1.82) is 0 Å². The number of aryl methyl sites for hydroxylation is 2. The summed E-state index contributed by atoms with van der Waals surface area (Å²) in [6.45, 7) is 55.2. The lowest BCUT2D eigenvalue weighted by Crippen LogP contribution is -2.17. The molecular formula is C76H100O6P2. The van der Waals surface area contributed by atoms with Crippen molar-refractivity contribution in [2.75, 3.05) is 0 Å². The molecule has 0 saturated carbocycles. The zero-order valence-electron chi connectivity index (χ0n) is 55.9. The van der Waals surface area contributed by atoms with Crippen molar-refractivity contribution in [3.8, 4) is 22.6 Å². The van der Waals surface area contributed by atoms with Crippen molar-refractivity contribution in [3.05, 3.63) is 140 Å². The molecule has 0 atom stereocenters. The normalized spacial score (nSPS) is 15.0. The van der Waals surface area contributed by atoms with Crippen LogP contribution in [-0.4, -0.2) is 0 Å². The molecule has 2 aliphatic carbocycles. The first-order chi connectivity index (χ1) is 38.7. The van der Waals surface area contributed by atoms with Gasteiger partial charge < -0.3 is 25.8 Å². The quantitative estimate of drug-likeness (QED) is 0.171. The van der Waals surface area contributed by atoms with Crippen LogP contribution in [0.25, 0.3) is 55.0 Å². The van der Waals surface area contributed by atoms with Crippen LogP contribution in [0.1, 0.15) is 259 Å². The van der Waals surface area contributed by atoms with E-state index in [4.69, 9.17) is 25.8 Å². The Kier molecular flexibility index (Phi) is 15.6. The topological polar surface area (TPSA) is 71.0 Å². The van der Waals surface area contributed by atoms with Gasteiger partial charge >= 0.3 is 16.5 Å². The van der Waals surface area contributed by atoms with Crippen LogP contribution < -0.4 is 9.05 Å². The number of fused-ring (bicyclic) bond motifs is 8. The Hall–Kier alpha value is -5.28. The molecule has 0 aliphatic heterocycles. The van der Waals surface area contributed by atoms with Gasteiger partial charge in [-0.05, 0) is 176 Å². The van der Waals surface area contributed by atoms with Gasteiger partial charge in [0.2, 0.25) is 0 Å². The van der Waals surface area contributed by atoms with Crippen LogP contribution in [0.3, 0.4) is 0 Å². The van der Waals surface area contributed by atoms with Gasteiger partial charge in [0.15, 0.2) is 0 Å². The van der Waals surface area contributed by atoms with E-state index in [0.717, 1.165) is 140 Å².